The number of rotatable bonds is 6. The van der Waals surface area contributed by atoms with Crippen molar-refractivity contribution in [1.29, 1.82) is 0 Å². The molecule has 0 aromatic heterocycles. The van der Waals surface area contributed by atoms with Crippen LogP contribution in [0.25, 0.3) is 0 Å². The molecule has 0 bridgehead atoms. The monoisotopic (exact) mass is 516 g/mol. The van der Waals surface area contributed by atoms with Crippen LogP contribution in [-0.4, -0.2) is 13.2 Å². The largest absolute Gasteiger partial charge is 0.492 e. The van der Waals surface area contributed by atoms with E-state index < -0.39 is 0 Å². The van der Waals surface area contributed by atoms with E-state index in [1.54, 1.807) is 12.1 Å². The minimum Gasteiger partial charge on any atom is -0.492 e. The molecule has 2 aromatic rings. The number of ether oxygens (including phenoxy) is 2. The molecule has 0 aliphatic heterocycles. The van der Waals surface area contributed by atoms with E-state index in [-0.39, 0.29) is 11.6 Å². The highest BCUT2D eigenvalue weighted by molar-refractivity contribution is 14.1. The molecule has 0 aliphatic carbocycles. The summed E-state index contributed by atoms with van der Waals surface area (Å²) in [5.41, 5.74) is 0. The highest BCUT2D eigenvalue weighted by Gasteiger charge is 2.04. The Morgan fingerprint density at radius 2 is 1.19 bits per heavy atom. The van der Waals surface area contributed by atoms with E-state index in [4.69, 9.17) is 9.47 Å². The first-order chi connectivity index (χ1) is 10.1. The fourth-order valence-electron chi connectivity index (χ4n) is 1.61. The van der Waals surface area contributed by atoms with Crippen molar-refractivity contribution in [2.24, 2.45) is 0 Å². The molecule has 0 heterocycles. The zero-order valence-electron chi connectivity index (χ0n) is 10.9. The van der Waals surface area contributed by atoms with E-state index in [0.717, 1.165) is 7.14 Å². The van der Waals surface area contributed by atoms with Gasteiger partial charge in [0.2, 0.25) is 0 Å². The van der Waals surface area contributed by atoms with Crippen LogP contribution in [0.4, 0.5) is 8.78 Å². The molecule has 21 heavy (non-hydrogen) atoms. The Morgan fingerprint density at radius 1 is 0.762 bits per heavy atom. The Morgan fingerprint density at radius 3 is 1.57 bits per heavy atom. The normalized spacial score (nSPS) is 10.5. The van der Waals surface area contributed by atoms with E-state index in [9.17, 15) is 8.78 Å². The van der Waals surface area contributed by atoms with Gasteiger partial charge in [-0.15, -0.1) is 0 Å². The van der Waals surface area contributed by atoms with Gasteiger partial charge >= 0.3 is 0 Å². The molecule has 0 saturated carbocycles. The summed E-state index contributed by atoms with van der Waals surface area (Å²) in [5, 5.41) is 0. The summed E-state index contributed by atoms with van der Waals surface area (Å²) < 4.78 is 38.5. The first kappa shape index (κ1) is 16.7. The van der Waals surface area contributed by atoms with Gasteiger partial charge in [0.25, 0.3) is 0 Å². The van der Waals surface area contributed by atoms with Gasteiger partial charge in [-0.3, -0.25) is 0 Å². The van der Waals surface area contributed by atoms with Crippen LogP contribution < -0.4 is 9.47 Å². The third-order valence-electron chi connectivity index (χ3n) is 2.59. The van der Waals surface area contributed by atoms with Crippen LogP contribution in [0, 0.1) is 18.8 Å². The van der Waals surface area contributed by atoms with E-state index in [0.29, 0.717) is 31.1 Å². The fraction of sp³-hybridized carbons (Fsp3) is 0.200. The molecule has 0 saturated heterocycles. The predicted molar refractivity (Wildman–Crippen MR) is 93.8 cm³/mol. The fourth-order valence-corrected chi connectivity index (χ4v) is 2.87. The van der Waals surface area contributed by atoms with Gasteiger partial charge < -0.3 is 9.47 Å². The smallest absolute Gasteiger partial charge is 0.132 e. The average Bonchev–Trinajstić information content (AvgIpc) is 2.42. The molecule has 112 valence electrons. The molecule has 6 heteroatoms. The molecule has 2 aromatic carbocycles. The Labute approximate surface area is 149 Å². The second kappa shape index (κ2) is 8.11. The van der Waals surface area contributed by atoms with Gasteiger partial charge in [-0.2, -0.15) is 0 Å². The van der Waals surface area contributed by atoms with E-state index >= 15 is 0 Å². The topological polar surface area (TPSA) is 18.5 Å². The first-order valence-corrected chi connectivity index (χ1v) is 8.38. The standard InChI is InChI=1S/C15H12F2I2O2/c16-10-2-4-14(12(18)8-10)20-6-1-7-21-15-5-3-11(17)9-13(15)19/h2-5,8-9H,1,6-7H2. The van der Waals surface area contributed by atoms with Crippen molar-refractivity contribution < 1.29 is 18.3 Å². The second-order valence-corrected chi connectivity index (χ2v) is 6.52. The number of hydrogen-bond acceptors (Lipinski definition) is 2. The Hall–Kier alpha value is -0.640. The lowest BCUT2D eigenvalue weighted by atomic mass is 10.3. The molecular weight excluding hydrogens is 504 g/mol. The van der Waals surface area contributed by atoms with Crippen molar-refractivity contribution in [3.8, 4) is 11.5 Å². The number of hydrogen-bond donors (Lipinski definition) is 0. The van der Waals surface area contributed by atoms with Crippen LogP contribution in [-0.2, 0) is 0 Å². The molecule has 0 amide bonds. The van der Waals surface area contributed by atoms with Gasteiger partial charge in [0, 0.05) is 6.42 Å². The summed E-state index contributed by atoms with van der Waals surface area (Å²) in [6.45, 7) is 0.943. The molecule has 0 radical (unpaired) electrons. The summed E-state index contributed by atoms with van der Waals surface area (Å²) in [7, 11) is 0. The van der Waals surface area contributed by atoms with Crippen molar-refractivity contribution in [3.63, 3.8) is 0 Å². The molecule has 0 atom stereocenters. The molecule has 0 unspecified atom stereocenters. The molecule has 2 rings (SSSR count). The summed E-state index contributed by atoms with van der Waals surface area (Å²) in [4.78, 5) is 0. The van der Waals surface area contributed by atoms with Crippen molar-refractivity contribution in [2.45, 2.75) is 6.42 Å². The van der Waals surface area contributed by atoms with Gasteiger partial charge in [0.15, 0.2) is 0 Å². The average molecular weight is 516 g/mol. The molecular formula is C15H12F2I2O2. The lowest BCUT2D eigenvalue weighted by Gasteiger charge is -2.10. The number of benzene rings is 2. The Balaban J connectivity index is 1.75. The zero-order chi connectivity index (χ0) is 15.2. The van der Waals surface area contributed by atoms with Crippen LogP contribution in [0.15, 0.2) is 36.4 Å². The maximum absolute atomic E-state index is 12.9. The third-order valence-corrected chi connectivity index (χ3v) is 4.28. The maximum Gasteiger partial charge on any atom is 0.132 e. The van der Waals surface area contributed by atoms with Gasteiger partial charge in [-0.1, -0.05) is 0 Å². The van der Waals surface area contributed by atoms with E-state index in [1.807, 2.05) is 45.2 Å². The van der Waals surface area contributed by atoms with Crippen LogP contribution in [0.5, 0.6) is 11.5 Å². The van der Waals surface area contributed by atoms with Crippen LogP contribution >= 0.6 is 45.2 Å². The van der Waals surface area contributed by atoms with Crippen molar-refractivity contribution in [2.75, 3.05) is 13.2 Å². The van der Waals surface area contributed by atoms with Gasteiger partial charge in [0.1, 0.15) is 23.1 Å². The van der Waals surface area contributed by atoms with E-state index in [2.05, 4.69) is 0 Å². The predicted octanol–water partition coefficient (Wildman–Crippen LogP) is 5.02. The molecule has 2 nitrogen and oxygen atoms in total. The van der Waals surface area contributed by atoms with Crippen LogP contribution in [0.1, 0.15) is 6.42 Å². The number of halogens is 4. The summed E-state index contributed by atoms with van der Waals surface area (Å²) in [6.07, 6.45) is 0.681. The van der Waals surface area contributed by atoms with Crippen molar-refractivity contribution in [3.05, 3.63) is 55.2 Å². The SMILES string of the molecule is Fc1ccc(OCCCOc2ccc(F)cc2I)c(I)c1. The summed E-state index contributed by atoms with van der Waals surface area (Å²) in [5.74, 6) is 0.767. The lowest BCUT2D eigenvalue weighted by molar-refractivity contribution is 0.245. The summed E-state index contributed by atoms with van der Waals surface area (Å²) >= 11 is 4.06. The summed E-state index contributed by atoms with van der Waals surface area (Å²) in [6, 6.07) is 8.81. The minimum atomic E-state index is -0.277. The Kier molecular flexibility index (Phi) is 6.46. The van der Waals surface area contributed by atoms with Gasteiger partial charge in [-0.05, 0) is 81.6 Å². The minimum absolute atomic E-state index is 0.277. The molecule has 0 aliphatic rings. The van der Waals surface area contributed by atoms with Crippen LogP contribution in [0.2, 0.25) is 0 Å². The molecule has 0 spiro atoms. The first-order valence-electron chi connectivity index (χ1n) is 6.22. The van der Waals surface area contributed by atoms with Gasteiger partial charge in [-0.25, -0.2) is 8.78 Å². The zero-order valence-corrected chi connectivity index (χ0v) is 15.2. The van der Waals surface area contributed by atoms with Crippen molar-refractivity contribution >= 4 is 45.2 Å². The molecule has 0 N–H and O–H groups in total. The highest BCUT2D eigenvalue weighted by atomic mass is 127. The van der Waals surface area contributed by atoms with Crippen molar-refractivity contribution in [1.82, 2.24) is 0 Å². The second-order valence-electron chi connectivity index (χ2n) is 4.20. The highest BCUT2D eigenvalue weighted by Crippen LogP contribution is 2.23. The Bertz CT molecular complexity index is 567. The lowest BCUT2D eigenvalue weighted by Crippen LogP contribution is -2.06. The quantitative estimate of drug-likeness (QED) is 0.397. The molecule has 0 fully saturated rings. The maximum atomic E-state index is 12.9. The van der Waals surface area contributed by atoms with Gasteiger partial charge in [0.05, 0.1) is 20.4 Å². The van der Waals surface area contributed by atoms with E-state index in [1.165, 1.54) is 24.3 Å². The third kappa shape index (κ3) is 5.24. The van der Waals surface area contributed by atoms with Crippen LogP contribution in [0.3, 0.4) is 0 Å².